The monoisotopic (exact) mass is 284 g/mol. The minimum absolute atomic E-state index is 0.116. The van der Waals surface area contributed by atoms with Gasteiger partial charge in [0.1, 0.15) is 5.70 Å². The Kier molecular flexibility index (Phi) is 4.47. The van der Waals surface area contributed by atoms with E-state index in [1.165, 1.54) is 0 Å². The molecule has 0 bridgehead atoms. The molecule has 1 heterocycles. The van der Waals surface area contributed by atoms with E-state index in [9.17, 15) is 4.79 Å². The number of nitrogens with two attached hydrogens (primary N) is 1. The van der Waals surface area contributed by atoms with Crippen molar-refractivity contribution in [3.8, 4) is 0 Å². The van der Waals surface area contributed by atoms with Crippen LogP contribution in [0.2, 0.25) is 0 Å². The van der Waals surface area contributed by atoms with E-state index in [0.717, 1.165) is 38.1 Å². The van der Waals surface area contributed by atoms with Gasteiger partial charge in [-0.25, -0.2) is 0 Å². The molecule has 19 heavy (non-hydrogen) atoms. The van der Waals surface area contributed by atoms with Gasteiger partial charge in [-0.15, -0.1) is 0 Å². The summed E-state index contributed by atoms with van der Waals surface area (Å²) in [6.45, 7) is 2.35. The minimum atomic E-state index is -0.192. The average molecular weight is 285 g/mol. The van der Waals surface area contributed by atoms with Crippen LogP contribution in [0.15, 0.2) is 15.7 Å². The number of aliphatic imine (C=N–C) groups is 1. The number of nitrogens with zero attached hydrogens (tertiary/aromatic N) is 3. The van der Waals surface area contributed by atoms with Crippen LogP contribution in [0.4, 0.5) is 0 Å². The third-order valence-corrected chi connectivity index (χ3v) is 3.98. The molecule has 2 aliphatic rings. The molecular weight excluding hydrogens is 264 g/mol. The van der Waals surface area contributed by atoms with Crippen LogP contribution in [-0.2, 0) is 4.79 Å². The lowest BCUT2D eigenvalue weighted by Gasteiger charge is -2.18. The van der Waals surface area contributed by atoms with Crippen molar-refractivity contribution in [2.75, 3.05) is 33.7 Å². The van der Waals surface area contributed by atoms with Gasteiger partial charge in [0.25, 0.3) is 5.91 Å². The average Bonchev–Trinajstić information content (AvgIpc) is 3.22. The molecule has 0 aromatic rings. The maximum atomic E-state index is 12.2. The van der Waals surface area contributed by atoms with Crippen LogP contribution in [0, 0.1) is 0 Å². The van der Waals surface area contributed by atoms with Crippen molar-refractivity contribution in [3.63, 3.8) is 0 Å². The predicted octanol–water partition coefficient (Wildman–Crippen LogP) is 0.793. The fourth-order valence-corrected chi connectivity index (χ4v) is 2.35. The van der Waals surface area contributed by atoms with Crippen LogP contribution in [-0.4, -0.2) is 61.2 Å². The van der Waals surface area contributed by atoms with Crippen molar-refractivity contribution in [1.82, 2.24) is 9.80 Å². The molecule has 0 saturated heterocycles. The van der Waals surface area contributed by atoms with Crippen LogP contribution in [0.1, 0.15) is 19.3 Å². The van der Waals surface area contributed by atoms with E-state index in [4.69, 9.17) is 17.3 Å². The normalized spacial score (nSPS) is 22.4. The summed E-state index contributed by atoms with van der Waals surface area (Å²) in [5, 5.41) is 0.311. The van der Waals surface area contributed by atoms with Gasteiger partial charge in [-0.1, -0.05) is 11.6 Å². The number of hydrogen-bond acceptors (Lipinski definition) is 4. The Hall–Kier alpha value is -1.07. The SMILES string of the molecule is CN1CCCN=C(/C(Cl)=C(\N)C(=O)N(C)C2CC2)C1. The van der Waals surface area contributed by atoms with E-state index < -0.39 is 0 Å². The Balaban J connectivity index is 2.14. The molecule has 2 N–H and O–H groups in total. The van der Waals surface area contributed by atoms with E-state index >= 15 is 0 Å². The summed E-state index contributed by atoms with van der Waals surface area (Å²) in [4.78, 5) is 20.4. The number of carbonyl (C=O) groups is 1. The Morgan fingerprint density at radius 3 is 2.84 bits per heavy atom. The number of likely N-dealkylation sites (N-methyl/N-ethyl adjacent to an activating group) is 1. The van der Waals surface area contributed by atoms with Gasteiger partial charge in [-0.05, 0) is 26.3 Å². The van der Waals surface area contributed by atoms with Crippen molar-refractivity contribution in [2.24, 2.45) is 10.7 Å². The molecule has 6 heteroatoms. The first kappa shape index (κ1) is 14.3. The number of rotatable bonds is 3. The quantitative estimate of drug-likeness (QED) is 0.780. The molecule has 0 unspecified atom stereocenters. The molecule has 0 aromatic heterocycles. The van der Waals surface area contributed by atoms with Crippen LogP contribution in [0.25, 0.3) is 0 Å². The molecular formula is C13H21ClN4O. The van der Waals surface area contributed by atoms with Crippen LogP contribution >= 0.6 is 11.6 Å². The summed E-state index contributed by atoms with van der Waals surface area (Å²) in [5.74, 6) is -0.192. The van der Waals surface area contributed by atoms with E-state index in [0.29, 0.717) is 17.6 Å². The zero-order valence-corrected chi connectivity index (χ0v) is 12.3. The second-order valence-electron chi connectivity index (χ2n) is 5.29. The first-order valence-corrected chi connectivity index (χ1v) is 7.03. The Morgan fingerprint density at radius 1 is 1.53 bits per heavy atom. The van der Waals surface area contributed by atoms with Gasteiger partial charge in [-0.3, -0.25) is 9.79 Å². The van der Waals surface area contributed by atoms with Crippen molar-refractivity contribution in [3.05, 3.63) is 10.7 Å². The maximum Gasteiger partial charge on any atom is 0.271 e. The summed E-state index contributed by atoms with van der Waals surface area (Å²) in [6.07, 6.45) is 3.10. The summed E-state index contributed by atoms with van der Waals surface area (Å²) in [6, 6.07) is 0.328. The molecule has 1 aliphatic carbocycles. The number of amides is 1. The third kappa shape index (κ3) is 3.48. The highest BCUT2D eigenvalue weighted by Gasteiger charge is 2.31. The summed E-state index contributed by atoms with van der Waals surface area (Å²) in [7, 11) is 3.79. The minimum Gasteiger partial charge on any atom is -0.393 e. The second-order valence-corrected chi connectivity index (χ2v) is 5.67. The largest absolute Gasteiger partial charge is 0.393 e. The van der Waals surface area contributed by atoms with Gasteiger partial charge in [0.2, 0.25) is 0 Å². The molecule has 5 nitrogen and oxygen atoms in total. The van der Waals surface area contributed by atoms with Crippen molar-refractivity contribution < 1.29 is 4.79 Å². The standard InChI is InChI=1S/C13H21ClN4O/c1-17-7-3-6-16-10(8-17)11(14)12(15)13(19)18(2)9-4-5-9/h9H,3-8,15H2,1-2H3/b12-11+. The number of carbonyl (C=O) groups excluding carboxylic acids is 1. The summed E-state index contributed by atoms with van der Waals surface area (Å²) in [5.41, 5.74) is 6.75. The second kappa shape index (κ2) is 5.92. The molecule has 1 saturated carbocycles. The first-order valence-electron chi connectivity index (χ1n) is 6.65. The molecule has 0 spiro atoms. The zero-order chi connectivity index (χ0) is 14.0. The van der Waals surface area contributed by atoms with Gasteiger partial charge in [0.15, 0.2) is 0 Å². The molecule has 0 atom stereocenters. The van der Waals surface area contributed by atoms with Crippen molar-refractivity contribution in [2.45, 2.75) is 25.3 Å². The Labute approximate surface area is 119 Å². The lowest BCUT2D eigenvalue weighted by Crippen LogP contribution is -2.35. The molecule has 1 amide bonds. The van der Waals surface area contributed by atoms with Gasteiger partial charge >= 0.3 is 0 Å². The van der Waals surface area contributed by atoms with E-state index in [1.54, 1.807) is 11.9 Å². The van der Waals surface area contributed by atoms with Gasteiger partial charge < -0.3 is 15.5 Å². The van der Waals surface area contributed by atoms with Gasteiger partial charge in [0.05, 0.1) is 10.7 Å². The first-order chi connectivity index (χ1) is 9.00. The summed E-state index contributed by atoms with van der Waals surface area (Å²) < 4.78 is 0. The highest BCUT2D eigenvalue weighted by molar-refractivity contribution is 6.45. The van der Waals surface area contributed by atoms with Crippen molar-refractivity contribution in [1.29, 1.82) is 0 Å². The third-order valence-electron chi connectivity index (χ3n) is 3.56. The van der Waals surface area contributed by atoms with Gasteiger partial charge in [-0.2, -0.15) is 0 Å². The van der Waals surface area contributed by atoms with E-state index in [1.807, 2.05) is 7.05 Å². The Bertz CT molecular complexity index is 428. The van der Waals surface area contributed by atoms with Crippen molar-refractivity contribution >= 4 is 23.2 Å². The van der Waals surface area contributed by atoms with Crippen LogP contribution in [0.5, 0.6) is 0 Å². The summed E-state index contributed by atoms with van der Waals surface area (Å²) >= 11 is 6.26. The highest BCUT2D eigenvalue weighted by Crippen LogP contribution is 2.26. The zero-order valence-electron chi connectivity index (χ0n) is 11.5. The smallest absolute Gasteiger partial charge is 0.271 e. The molecule has 2 rings (SSSR count). The highest BCUT2D eigenvalue weighted by atomic mass is 35.5. The number of halogens is 1. The molecule has 0 aromatic carbocycles. The molecule has 0 radical (unpaired) electrons. The fraction of sp³-hybridized carbons (Fsp3) is 0.692. The predicted molar refractivity (Wildman–Crippen MR) is 77.3 cm³/mol. The molecule has 106 valence electrons. The maximum absolute atomic E-state index is 12.2. The van der Waals surface area contributed by atoms with E-state index in [2.05, 4.69) is 9.89 Å². The van der Waals surface area contributed by atoms with Crippen LogP contribution < -0.4 is 5.73 Å². The Morgan fingerprint density at radius 2 is 2.21 bits per heavy atom. The lowest BCUT2D eigenvalue weighted by atomic mass is 10.2. The number of hydrogen-bond donors (Lipinski definition) is 1. The molecule has 1 aliphatic heterocycles. The van der Waals surface area contributed by atoms with Gasteiger partial charge in [0, 0.05) is 32.7 Å². The fourth-order valence-electron chi connectivity index (χ4n) is 2.15. The molecule has 1 fully saturated rings. The van der Waals surface area contributed by atoms with E-state index in [-0.39, 0.29) is 11.6 Å². The lowest BCUT2D eigenvalue weighted by molar-refractivity contribution is -0.126. The van der Waals surface area contributed by atoms with Crippen LogP contribution in [0.3, 0.4) is 0 Å². The topological polar surface area (TPSA) is 61.9 Å².